The average molecular weight is 302 g/mol. The van der Waals surface area contributed by atoms with Gasteiger partial charge in [0, 0.05) is 10.5 Å². The van der Waals surface area contributed by atoms with E-state index in [1.54, 1.807) is 6.07 Å². The lowest BCUT2D eigenvalue weighted by molar-refractivity contribution is 0.101. The van der Waals surface area contributed by atoms with Crippen molar-refractivity contribution < 1.29 is 9.50 Å². The van der Waals surface area contributed by atoms with Crippen LogP contribution in [0, 0.1) is 11.7 Å². The molecular weight excluding hydrogens is 285 g/mol. The van der Waals surface area contributed by atoms with Gasteiger partial charge in [-0.25, -0.2) is 4.39 Å². The van der Waals surface area contributed by atoms with Crippen molar-refractivity contribution in [2.75, 3.05) is 6.54 Å². The van der Waals surface area contributed by atoms with E-state index < -0.39 is 6.10 Å². The second-order valence-corrected chi connectivity index (χ2v) is 5.66. The van der Waals surface area contributed by atoms with Gasteiger partial charge in [-0.15, -0.1) is 0 Å². The Hall–Kier alpha value is -0.450. The molecule has 0 bridgehead atoms. The second-order valence-electron chi connectivity index (χ2n) is 4.80. The third-order valence-corrected chi connectivity index (χ3v) is 4.05. The number of aliphatic hydroxyl groups is 1. The SMILES string of the molecule is CC1CCNC(C(O)c2ccc(F)cc2Br)C1. The zero-order valence-corrected chi connectivity index (χ0v) is 11.4. The van der Waals surface area contributed by atoms with Crippen molar-refractivity contribution in [1.82, 2.24) is 5.32 Å². The zero-order valence-electron chi connectivity index (χ0n) is 9.79. The van der Waals surface area contributed by atoms with Crippen LogP contribution in [0.5, 0.6) is 0 Å². The van der Waals surface area contributed by atoms with E-state index in [0.717, 1.165) is 24.9 Å². The molecule has 0 aliphatic carbocycles. The zero-order chi connectivity index (χ0) is 12.4. The summed E-state index contributed by atoms with van der Waals surface area (Å²) in [5.41, 5.74) is 0.748. The summed E-state index contributed by atoms with van der Waals surface area (Å²) in [5, 5.41) is 13.6. The van der Waals surface area contributed by atoms with Crippen LogP contribution in [0.3, 0.4) is 0 Å². The molecule has 1 aromatic carbocycles. The Morgan fingerprint density at radius 2 is 2.29 bits per heavy atom. The van der Waals surface area contributed by atoms with Crippen LogP contribution in [-0.2, 0) is 0 Å². The minimum Gasteiger partial charge on any atom is -0.387 e. The molecule has 1 aliphatic heterocycles. The quantitative estimate of drug-likeness (QED) is 0.880. The van der Waals surface area contributed by atoms with Crippen molar-refractivity contribution in [2.24, 2.45) is 5.92 Å². The lowest BCUT2D eigenvalue weighted by atomic mass is 9.89. The highest BCUT2D eigenvalue weighted by molar-refractivity contribution is 9.10. The summed E-state index contributed by atoms with van der Waals surface area (Å²) in [5.74, 6) is 0.327. The van der Waals surface area contributed by atoms with E-state index in [1.165, 1.54) is 12.1 Å². The molecule has 1 aromatic rings. The minimum atomic E-state index is -0.590. The molecule has 3 atom stereocenters. The van der Waals surface area contributed by atoms with Crippen molar-refractivity contribution in [1.29, 1.82) is 0 Å². The summed E-state index contributed by atoms with van der Waals surface area (Å²) in [6, 6.07) is 4.48. The largest absolute Gasteiger partial charge is 0.387 e. The summed E-state index contributed by atoms with van der Waals surface area (Å²) in [7, 11) is 0. The lowest BCUT2D eigenvalue weighted by Crippen LogP contribution is -2.41. The highest BCUT2D eigenvalue weighted by atomic mass is 79.9. The minimum absolute atomic E-state index is 0.0560. The number of hydrogen-bond acceptors (Lipinski definition) is 2. The average Bonchev–Trinajstić information content (AvgIpc) is 2.28. The van der Waals surface area contributed by atoms with Crippen LogP contribution in [0.2, 0.25) is 0 Å². The maximum atomic E-state index is 13.0. The Balaban J connectivity index is 2.15. The van der Waals surface area contributed by atoms with E-state index in [9.17, 15) is 9.50 Å². The second kappa shape index (κ2) is 5.46. The molecule has 0 saturated carbocycles. The van der Waals surface area contributed by atoms with Crippen LogP contribution >= 0.6 is 15.9 Å². The Kier molecular flexibility index (Phi) is 4.17. The van der Waals surface area contributed by atoms with Gasteiger partial charge in [-0.2, -0.15) is 0 Å². The molecule has 1 heterocycles. The number of nitrogens with one attached hydrogen (secondary N) is 1. The van der Waals surface area contributed by atoms with Crippen molar-refractivity contribution >= 4 is 15.9 Å². The molecule has 0 aromatic heterocycles. The number of halogens is 2. The predicted molar refractivity (Wildman–Crippen MR) is 69.2 cm³/mol. The van der Waals surface area contributed by atoms with Gasteiger partial charge >= 0.3 is 0 Å². The van der Waals surface area contributed by atoms with Gasteiger partial charge in [0.25, 0.3) is 0 Å². The van der Waals surface area contributed by atoms with Gasteiger partial charge in [-0.05, 0) is 43.0 Å². The normalized spacial score (nSPS) is 26.8. The summed E-state index contributed by atoms with van der Waals surface area (Å²) in [6.45, 7) is 3.13. The maximum Gasteiger partial charge on any atom is 0.124 e. The van der Waals surface area contributed by atoms with Crippen LogP contribution in [-0.4, -0.2) is 17.7 Å². The number of hydrogen-bond donors (Lipinski definition) is 2. The first kappa shape index (κ1) is 13.0. The number of aliphatic hydroxyl groups excluding tert-OH is 1. The molecule has 0 spiro atoms. The van der Waals surface area contributed by atoms with Crippen molar-refractivity contribution in [3.8, 4) is 0 Å². The first-order chi connectivity index (χ1) is 8.08. The molecule has 2 N–H and O–H groups in total. The Labute approximate surface area is 109 Å². The molecular formula is C13H17BrFNO. The first-order valence-corrected chi connectivity index (χ1v) is 6.73. The van der Waals surface area contributed by atoms with Crippen LogP contribution < -0.4 is 5.32 Å². The molecule has 0 radical (unpaired) electrons. The summed E-state index contributed by atoms with van der Waals surface area (Å²) >= 11 is 3.30. The molecule has 17 heavy (non-hydrogen) atoms. The highest BCUT2D eigenvalue weighted by Gasteiger charge is 2.27. The lowest BCUT2D eigenvalue weighted by Gasteiger charge is -2.32. The van der Waals surface area contributed by atoms with E-state index in [0.29, 0.717) is 10.4 Å². The molecule has 2 rings (SSSR count). The van der Waals surface area contributed by atoms with Gasteiger partial charge in [-0.3, -0.25) is 0 Å². The van der Waals surface area contributed by atoms with Gasteiger partial charge < -0.3 is 10.4 Å². The van der Waals surface area contributed by atoms with E-state index in [1.807, 2.05) is 0 Å². The molecule has 1 saturated heterocycles. The van der Waals surface area contributed by atoms with Gasteiger partial charge in [0.05, 0.1) is 6.10 Å². The summed E-state index contributed by atoms with van der Waals surface area (Å²) in [6.07, 6.45) is 1.51. The Bertz CT molecular complexity index is 399. The van der Waals surface area contributed by atoms with E-state index in [4.69, 9.17) is 0 Å². The molecule has 94 valence electrons. The summed E-state index contributed by atoms with van der Waals surface area (Å²) in [4.78, 5) is 0. The molecule has 4 heteroatoms. The number of rotatable bonds is 2. The fourth-order valence-corrected chi connectivity index (χ4v) is 2.93. The van der Waals surface area contributed by atoms with Crippen molar-refractivity contribution in [3.63, 3.8) is 0 Å². The van der Waals surface area contributed by atoms with Crippen LogP contribution in [0.1, 0.15) is 31.4 Å². The first-order valence-electron chi connectivity index (χ1n) is 5.94. The van der Waals surface area contributed by atoms with Gasteiger partial charge in [0.1, 0.15) is 5.82 Å². The van der Waals surface area contributed by atoms with Crippen molar-refractivity contribution in [3.05, 3.63) is 34.1 Å². The molecule has 2 nitrogen and oxygen atoms in total. The van der Waals surface area contributed by atoms with Crippen molar-refractivity contribution in [2.45, 2.75) is 31.9 Å². The van der Waals surface area contributed by atoms with Gasteiger partial charge in [0.15, 0.2) is 0 Å². The maximum absolute atomic E-state index is 13.0. The Morgan fingerprint density at radius 3 is 2.94 bits per heavy atom. The third-order valence-electron chi connectivity index (χ3n) is 3.36. The van der Waals surface area contributed by atoms with E-state index in [2.05, 4.69) is 28.2 Å². The van der Waals surface area contributed by atoms with E-state index in [-0.39, 0.29) is 11.9 Å². The fourth-order valence-electron chi connectivity index (χ4n) is 2.35. The van der Waals surface area contributed by atoms with Gasteiger partial charge in [0.2, 0.25) is 0 Å². The fraction of sp³-hybridized carbons (Fsp3) is 0.538. The monoisotopic (exact) mass is 301 g/mol. The van der Waals surface area contributed by atoms with Crippen LogP contribution in [0.4, 0.5) is 4.39 Å². The molecule has 1 fully saturated rings. The van der Waals surface area contributed by atoms with E-state index >= 15 is 0 Å². The molecule has 1 aliphatic rings. The Morgan fingerprint density at radius 1 is 1.53 bits per heavy atom. The standard InChI is InChI=1S/C13H17BrFNO/c1-8-4-5-16-12(6-8)13(17)10-3-2-9(15)7-11(10)14/h2-3,7-8,12-13,16-17H,4-6H2,1H3. The number of piperidine rings is 1. The molecule has 3 unspecified atom stereocenters. The van der Waals surface area contributed by atoms with Gasteiger partial charge in [-0.1, -0.05) is 28.9 Å². The third kappa shape index (κ3) is 3.06. The number of benzene rings is 1. The van der Waals surface area contributed by atoms with Crippen LogP contribution in [0.25, 0.3) is 0 Å². The molecule has 0 amide bonds. The highest BCUT2D eigenvalue weighted by Crippen LogP contribution is 2.30. The topological polar surface area (TPSA) is 32.3 Å². The summed E-state index contributed by atoms with van der Waals surface area (Å²) < 4.78 is 13.6. The predicted octanol–water partition coefficient (Wildman–Crippen LogP) is 3.01. The van der Waals surface area contributed by atoms with Crippen LogP contribution in [0.15, 0.2) is 22.7 Å². The smallest absolute Gasteiger partial charge is 0.124 e.